The zero-order valence-electron chi connectivity index (χ0n) is 11.3. The molecule has 3 amide bonds. The Morgan fingerprint density at radius 3 is 2.55 bits per heavy atom. The molecule has 1 aliphatic rings. The summed E-state index contributed by atoms with van der Waals surface area (Å²) < 4.78 is 5.49. The second-order valence-corrected chi connectivity index (χ2v) is 4.52. The summed E-state index contributed by atoms with van der Waals surface area (Å²) in [5, 5.41) is 2.81. The van der Waals surface area contributed by atoms with Crippen molar-refractivity contribution in [2.24, 2.45) is 0 Å². The third-order valence-corrected chi connectivity index (χ3v) is 3.14. The van der Waals surface area contributed by atoms with Gasteiger partial charge >= 0.3 is 6.03 Å². The number of hydrogen-bond acceptors (Lipinski definition) is 3. The van der Waals surface area contributed by atoms with Crippen LogP contribution in [-0.2, 0) is 4.79 Å². The number of piperazine rings is 1. The highest BCUT2D eigenvalue weighted by molar-refractivity contribution is 5.74. The first-order valence-electron chi connectivity index (χ1n) is 6.69. The first kappa shape index (κ1) is 14.2. The molecule has 1 aromatic rings. The Hall–Kier alpha value is -2.24. The minimum absolute atomic E-state index is 0.104. The lowest BCUT2D eigenvalue weighted by molar-refractivity contribution is -0.119. The molecule has 1 saturated heterocycles. The van der Waals surface area contributed by atoms with E-state index in [1.165, 1.54) is 0 Å². The quantitative estimate of drug-likeness (QED) is 0.631. The Balaban J connectivity index is 1.62. The van der Waals surface area contributed by atoms with Crippen molar-refractivity contribution in [3.8, 4) is 5.75 Å². The smallest absolute Gasteiger partial charge is 0.317 e. The Morgan fingerprint density at radius 2 is 1.90 bits per heavy atom. The van der Waals surface area contributed by atoms with E-state index in [0.717, 1.165) is 12.2 Å². The number of amides is 3. The number of carbonyl (C=O) groups excluding carboxylic acids is 2. The number of ether oxygens (including phenoxy) is 1. The minimum atomic E-state index is -0.104. The van der Waals surface area contributed by atoms with Crippen LogP contribution in [0.15, 0.2) is 30.3 Å². The largest absolute Gasteiger partial charge is 0.492 e. The van der Waals surface area contributed by atoms with Crippen LogP contribution in [0.5, 0.6) is 5.75 Å². The molecule has 108 valence electrons. The third kappa shape index (κ3) is 4.15. The molecule has 0 radical (unpaired) electrons. The number of para-hydroxylation sites is 1. The molecular formula is C14H19N3O3. The molecule has 1 aromatic carbocycles. The van der Waals surface area contributed by atoms with Crippen molar-refractivity contribution in [1.29, 1.82) is 0 Å². The van der Waals surface area contributed by atoms with Gasteiger partial charge in [-0.3, -0.25) is 4.79 Å². The number of hydrogen-bond donors (Lipinski definition) is 1. The van der Waals surface area contributed by atoms with E-state index in [2.05, 4.69) is 5.32 Å². The molecule has 2 rings (SSSR count). The predicted octanol–water partition coefficient (Wildman–Crippen LogP) is 0.549. The van der Waals surface area contributed by atoms with E-state index >= 15 is 0 Å². The van der Waals surface area contributed by atoms with Gasteiger partial charge in [0.05, 0.1) is 6.54 Å². The normalized spacial score (nSPS) is 14.8. The summed E-state index contributed by atoms with van der Waals surface area (Å²) in [7, 11) is 0. The molecule has 20 heavy (non-hydrogen) atoms. The lowest BCUT2D eigenvalue weighted by Gasteiger charge is -2.32. The third-order valence-electron chi connectivity index (χ3n) is 3.14. The number of nitrogens with zero attached hydrogens (tertiary/aromatic N) is 2. The SMILES string of the molecule is O=CN1CCN(C(=O)NCCOc2ccccc2)CC1. The van der Waals surface area contributed by atoms with Gasteiger partial charge in [-0.15, -0.1) is 0 Å². The molecule has 6 heteroatoms. The first-order chi connectivity index (χ1) is 9.79. The van der Waals surface area contributed by atoms with Crippen molar-refractivity contribution in [3.05, 3.63) is 30.3 Å². The minimum Gasteiger partial charge on any atom is -0.492 e. The summed E-state index contributed by atoms with van der Waals surface area (Å²) >= 11 is 0. The van der Waals surface area contributed by atoms with Gasteiger partial charge in [-0.2, -0.15) is 0 Å². The maximum atomic E-state index is 11.9. The first-order valence-corrected chi connectivity index (χ1v) is 6.69. The van der Waals surface area contributed by atoms with Crippen molar-refractivity contribution in [3.63, 3.8) is 0 Å². The molecule has 0 unspecified atom stereocenters. The van der Waals surface area contributed by atoms with Crippen LogP contribution in [0.4, 0.5) is 4.79 Å². The zero-order valence-corrected chi connectivity index (χ0v) is 11.3. The van der Waals surface area contributed by atoms with Crippen LogP contribution >= 0.6 is 0 Å². The van der Waals surface area contributed by atoms with E-state index in [9.17, 15) is 9.59 Å². The topological polar surface area (TPSA) is 61.9 Å². The van der Waals surface area contributed by atoms with Crippen LogP contribution < -0.4 is 10.1 Å². The van der Waals surface area contributed by atoms with Gasteiger partial charge in [0.2, 0.25) is 6.41 Å². The number of benzene rings is 1. The van der Waals surface area contributed by atoms with E-state index in [1.807, 2.05) is 30.3 Å². The molecule has 1 heterocycles. The van der Waals surface area contributed by atoms with E-state index < -0.39 is 0 Å². The second kappa shape index (κ2) is 7.37. The summed E-state index contributed by atoms with van der Waals surface area (Å²) in [6, 6.07) is 9.38. The Kier molecular flexibility index (Phi) is 5.23. The van der Waals surface area contributed by atoms with E-state index in [4.69, 9.17) is 4.74 Å². The number of rotatable bonds is 5. The summed E-state index contributed by atoms with van der Waals surface area (Å²) in [4.78, 5) is 25.8. The summed E-state index contributed by atoms with van der Waals surface area (Å²) in [5.41, 5.74) is 0. The molecule has 0 saturated carbocycles. The van der Waals surface area contributed by atoms with Gasteiger partial charge in [-0.1, -0.05) is 18.2 Å². The fraction of sp³-hybridized carbons (Fsp3) is 0.429. The van der Waals surface area contributed by atoms with Crippen molar-refractivity contribution < 1.29 is 14.3 Å². The fourth-order valence-electron chi connectivity index (χ4n) is 1.99. The van der Waals surface area contributed by atoms with E-state index in [-0.39, 0.29) is 6.03 Å². The van der Waals surface area contributed by atoms with Gasteiger partial charge in [-0.05, 0) is 12.1 Å². The van der Waals surface area contributed by atoms with Crippen LogP contribution in [0.2, 0.25) is 0 Å². The number of nitrogens with one attached hydrogen (secondary N) is 1. The highest BCUT2D eigenvalue weighted by Crippen LogP contribution is 2.07. The van der Waals surface area contributed by atoms with Gasteiger partial charge in [0.15, 0.2) is 0 Å². The van der Waals surface area contributed by atoms with Crippen LogP contribution in [0.1, 0.15) is 0 Å². The van der Waals surface area contributed by atoms with Gasteiger partial charge in [-0.25, -0.2) is 4.79 Å². The highest BCUT2D eigenvalue weighted by Gasteiger charge is 2.19. The van der Waals surface area contributed by atoms with Crippen molar-refractivity contribution in [2.45, 2.75) is 0 Å². The molecule has 0 atom stereocenters. The van der Waals surface area contributed by atoms with Crippen molar-refractivity contribution in [2.75, 3.05) is 39.3 Å². The fourth-order valence-corrected chi connectivity index (χ4v) is 1.99. The van der Waals surface area contributed by atoms with Crippen LogP contribution in [-0.4, -0.2) is 61.6 Å². The molecule has 1 aliphatic heterocycles. The summed E-state index contributed by atoms with van der Waals surface area (Å²) in [6.07, 6.45) is 0.822. The molecule has 1 N–H and O–H groups in total. The van der Waals surface area contributed by atoms with Crippen LogP contribution in [0.3, 0.4) is 0 Å². The Labute approximate surface area is 118 Å². The predicted molar refractivity (Wildman–Crippen MR) is 74.5 cm³/mol. The standard InChI is InChI=1S/C14H19N3O3/c18-12-16-7-9-17(10-8-16)14(19)15-6-11-20-13-4-2-1-3-5-13/h1-5,12H,6-11H2,(H,15,19). The van der Waals surface area contributed by atoms with Gasteiger partial charge in [0.1, 0.15) is 12.4 Å². The number of carbonyl (C=O) groups is 2. The lowest BCUT2D eigenvalue weighted by Crippen LogP contribution is -2.51. The zero-order chi connectivity index (χ0) is 14.2. The molecule has 1 fully saturated rings. The molecular weight excluding hydrogens is 258 g/mol. The highest BCUT2D eigenvalue weighted by atomic mass is 16.5. The Morgan fingerprint density at radius 1 is 1.20 bits per heavy atom. The Bertz CT molecular complexity index is 431. The lowest BCUT2D eigenvalue weighted by atomic mass is 10.3. The molecule has 0 aliphatic carbocycles. The maximum absolute atomic E-state index is 11.9. The molecule has 0 spiro atoms. The average molecular weight is 277 g/mol. The molecule has 0 bridgehead atoms. The van der Waals surface area contributed by atoms with Gasteiger partial charge in [0.25, 0.3) is 0 Å². The van der Waals surface area contributed by atoms with Crippen molar-refractivity contribution in [1.82, 2.24) is 15.1 Å². The van der Waals surface area contributed by atoms with Crippen molar-refractivity contribution >= 4 is 12.4 Å². The van der Waals surface area contributed by atoms with Gasteiger partial charge in [0, 0.05) is 26.2 Å². The molecule has 0 aromatic heterocycles. The van der Waals surface area contributed by atoms with Crippen LogP contribution in [0, 0.1) is 0 Å². The average Bonchev–Trinajstić information content (AvgIpc) is 2.52. The maximum Gasteiger partial charge on any atom is 0.317 e. The van der Waals surface area contributed by atoms with E-state index in [0.29, 0.717) is 39.3 Å². The van der Waals surface area contributed by atoms with Gasteiger partial charge < -0.3 is 19.9 Å². The van der Waals surface area contributed by atoms with E-state index in [1.54, 1.807) is 9.80 Å². The number of urea groups is 1. The monoisotopic (exact) mass is 277 g/mol. The summed E-state index contributed by atoms with van der Waals surface area (Å²) in [6.45, 7) is 3.23. The molecule has 6 nitrogen and oxygen atoms in total. The summed E-state index contributed by atoms with van der Waals surface area (Å²) in [5.74, 6) is 0.793. The second-order valence-electron chi connectivity index (χ2n) is 4.52. The van der Waals surface area contributed by atoms with Crippen LogP contribution in [0.25, 0.3) is 0 Å².